The first-order chi connectivity index (χ1) is 11.7. The van der Waals surface area contributed by atoms with Crippen molar-refractivity contribution in [2.45, 2.75) is 19.3 Å². The minimum atomic E-state index is 0.0609. The molecule has 2 atom stereocenters. The van der Waals surface area contributed by atoms with E-state index in [2.05, 4.69) is 67.2 Å². The van der Waals surface area contributed by atoms with Gasteiger partial charge in [0, 0.05) is 13.1 Å². The fraction of sp³-hybridized carbons (Fsp3) is 0.318. The monoisotopic (exact) mass is 319 g/mol. The quantitative estimate of drug-likeness (QED) is 0.759. The number of nitrogens with zero attached hydrogens (tertiary/aromatic N) is 1. The Morgan fingerprint density at radius 3 is 1.79 bits per heavy atom. The van der Waals surface area contributed by atoms with Gasteiger partial charge in [-0.1, -0.05) is 67.2 Å². The van der Waals surface area contributed by atoms with Crippen molar-refractivity contribution in [3.05, 3.63) is 84.4 Å². The third-order valence-corrected chi connectivity index (χ3v) is 4.84. The van der Waals surface area contributed by atoms with Gasteiger partial charge < -0.3 is 4.90 Å². The van der Waals surface area contributed by atoms with Crippen LogP contribution < -0.4 is 0 Å². The van der Waals surface area contributed by atoms with Crippen LogP contribution in [0.25, 0.3) is 0 Å². The molecule has 1 aliphatic heterocycles. The van der Waals surface area contributed by atoms with Crippen LogP contribution in [0.2, 0.25) is 0 Å². The van der Waals surface area contributed by atoms with Crippen LogP contribution in [0.1, 0.15) is 17.5 Å². The summed E-state index contributed by atoms with van der Waals surface area (Å²) in [6.45, 7) is 5.34. The molecule has 1 heterocycles. The Kier molecular flexibility index (Phi) is 5.47. The van der Waals surface area contributed by atoms with Crippen LogP contribution in [0.15, 0.2) is 73.3 Å². The molecule has 3 rings (SSSR count). The van der Waals surface area contributed by atoms with Gasteiger partial charge in [-0.05, 0) is 48.3 Å². The van der Waals surface area contributed by atoms with Crippen molar-refractivity contribution in [3.63, 3.8) is 0 Å². The van der Waals surface area contributed by atoms with Gasteiger partial charge in [0.2, 0.25) is 5.91 Å². The summed E-state index contributed by atoms with van der Waals surface area (Å²) in [7, 11) is 0. The highest BCUT2D eigenvalue weighted by molar-refractivity contribution is 5.87. The minimum absolute atomic E-state index is 0.0609. The van der Waals surface area contributed by atoms with Crippen LogP contribution in [-0.2, 0) is 17.6 Å². The molecule has 0 saturated carbocycles. The highest BCUT2D eigenvalue weighted by Crippen LogP contribution is 2.28. The summed E-state index contributed by atoms with van der Waals surface area (Å²) in [5, 5.41) is 0. The number of likely N-dealkylation sites (tertiary alicyclic amines) is 1. The number of hydrogen-bond acceptors (Lipinski definition) is 1. The lowest BCUT2D eigenvalue weighted by molar-refractivity contribution is -0.128. The van der Waals surface area contributed by atoms with Gasteiger partial charge in [-0.2, -0.15) is 0 Å². The smallest absolute Gasteiger partial charge is 0.245 e. The van der Waals surface area contributed by atoms with Gasteiger partial charge in [0.1, 0.15) is 0 Å². The van der Waals surface area contributed by atoms with Crippen molar-refractivity contribution in [1.82, 2.24) is 4.90 Å². The van der Waals surface area contributed by atoms with Gasteiger partial charge in [0.15, 0.2) is 0 Å². The largest absolute Gasteiger partial charge is 0.339 e. The number of carbonyl (C=O) groups is 1. The van der Waals surface area contributed by atoms with Crippen molar-refractivity contribution < 1.29 is 4.79 Å². The van der Waals surface area contributed by atoms with E-state index in [0.717, 1.165) is 25.9 Å². The molecule has 2 nitrogen and oxygen atoms in total. The molecule has 2 unspecified atom stereocenters. The first-order valence-corrected chi connectivity index (χ1v) is 8.74. The molecule has 1 aliphatic rings. The predicted octanol–water partition coefficient (Wildman–Crippen LogP) is 4.12. The maximum absolute atomic E-state index is 12.2. The van der Waals surface area contributed by atoms with Gasteiger partial charge in [-0.25, -0.2) is 0 Å². The first-order valence-electron chi connectivity index (χ1n) is 8.74. The van der Waals surface area contributed by atoms with Gasteiger partial charge in [-0.15, -0.1) is 0 Å². The highest BCUT2D eigenvalue weighted by atomic mass is 16.2. The van der Waals surface area contributed by atoms with Crippen LogP contribution in [0.4, 0.5) is 0 Å². The van der Waals surface area contributed by atoms with E-state index in [1.807, 2.05) is 4.90 Å². The maximum atomic E-state index is 12.2. The summed E-state index contributed by atoms with van der Waals surface area (Å²) in [4.78, 5) is 14.2. The van der Waals surface area contributed by atoms with Crippen LogP contribution in [0.5, 0.6) is 0 Å². The molecule has 2 aromatic carbocycles. The summed E-state index contributed by atoms with van der Waals surface area (Å²) in [5.41, 5.74) is 2.71. The van der Waals surface area contributed by atoms with E-state index < -0.39 is 0 Å². The third-order valence-electron chi connectivity index (χ3n) is 4.84. The van der Waals surface area contributed by atoms with Crippen LogP contribution in [-0.4, -0.2) is 23.9 Å². The standard InChI is InChI=1S/C22H25NO/c1-2-22(24)23-16-20(13-18-9-5-3-6-10-18)15-21(17-23)14-19-11-7-4-8-12-19/h2-12,20-21H,1,13-17H2. The minimum Gasteiger partial charge on any atom is -0.339 e. The molecular weight excluding hydrogens is 294 g/mol. The molecule has 2 aromatic rings. The zero-order chi connectivity index (χ0) is 16.8. The second kappa shape index (κ2) is 7.96. The Balaban J connectivity index is 1.71. The molecule has 0 spiro atoms. The highest BCUT2D eigenvalue weighted by Gasteiger charge is 2.29. The van der Waals surface area contributed by atoms with E-state index in [1.165, 1.54) is 23.6 Å². The Bertz CT molecular complexity index is 615. The van der Waals surface area contributed by atoms with Crippen molar-refractivity contribution in [2.75, 3.05) is 13.1 Å². The number of carbonyl (C=O) groups excluding carboxylic acids is 1. The molecule has 124 valence electrons. The molecule has 0 radical (unpaired) electrons. The zero-order valence-corrected chi connectivity index (χ0v) is 14.1. The Hall–Kier alpha value is -2.35. The first kappa shape index (κ1) is 16.5. The lowest BCUT2D eigenvalue weighted by Gasteiger charge is -2.37. The predicted molar refractivity (Wildman–Crippen MR) is 98.7 cm³/mol. The van der Waals surface area contributed by atoms with Gasteiger partial charge in [-0.3, -0.25) is 4.79 Å². The fourth-order valence-corrected chi connectivity index (χ4v) is 3.82. The van der Waals surface area contributed by atoms with E-state index in [-0.39, 0.29) is 5.91 Å². The van der Waals surface area contributed by atoms with Crippen molar-refractivity contribution in [1.29, 1.82) is 0 Å². The van der Waals surface area contributed by atoms with Crippen molar-refractivity contribution >= 4 is 5.91 Å². The number of hydrogen-bond donors (Lipinski definition) is 0. The molecule has 1 fully saturated rings. The third kappa shape index (κ3) is 4.35. The molecule has 0 aliphatic carbocycles. The number of amides is 1. The normalized spacial score (nSPS) is 20.6. The molecule has 1 amide bonds. The Morgan fingerprint density at radius 2 is 1.38 bits per heavy atom. The van der Waals surface area contributed by atoms with Crippen LogP contribution in [0, 0.1) is 11.8 Å². The van der Waals surface area contributed by atoms with E-state index in [0.29, 0.717) is 11.8 Å². The average Bonchev–Trinajstić information content (AvgIpc) is 2.62. The summed E-state index contributed by atoms with van der Waals surface area (Å²) >= 11 is 0. The lowest BCUT2D eigenvalue weighted by atomic mass is 9.82. The van der Waals surface area contributed by atoms with Crippen molar-refractivity contribution in [2.24, 2.45) is 11.8 Å². The molecule has 0 aromatic heterocycles. The van der Waals surface area contributed by atoms with Crippen LogP contribution >= 0.6 is 0 Å². The van der Waals surface area contributed by atoms with E-state index in [4.69, 9.17) is 0 Å². The Labute approximate surface area is 144 Å². The summed E-state index contributed by atoms with van der Waals surface area (Å²) in [5.74, 6) is 1.09. The average molecular weight is 319 g/mol. The lowest BCUT2D eigenvalue weighted by Crippen LogP contribution is -2.44. The number of benzene rings is 2. The molecule has 2 heteroatoms. The summed E-state index contributed by atoms with van der Waals surface area (Å²) in [6, 6.07) is 21.2. The SMILES string of the molecule is C=CC(=O)N1CC(Cc2ccccc2)CC(Cc2ccccc2)C1. The second-order valence-corrected chi connectivity index (χ2v) is 6.79. The summed E-state index contributed by atoms with van der Waals surface area (Å²) < 4.78 is 0. The van der Waals surface area contributed by atoms with Crippen LogP contribution in [0.3, 0.4) is 0 Å². The summed E-state index contributed by atoms with van der Waals surface area (Å²) in [6.07, 6.45) is 4.69. The number of piperidine rings is 1. The maximum Gasteiger partial charge on any atom is 0.245 e. The zero-order valence-electron chi connectivity index (χ0n) is 14.1. The molecular formula is C22H25NO. The van der Waals surface area contributed by atoms with Gasteiger partial charge in [0.05, 0.1) is 0 Å². The number of rotatable bonds is 5. The molecule has 24 heavy (non-hydrogen) atoms. The van der Waals surface area contributed by atoms with E-state index >= 15 is 0 Å². The van der Waals surface area contributed by atoms with Crippen molar-refractivity contribution in [3.8, 4) is 0 Å². The van der Waals surface area contributed by atoms with E-state index in [1.54, 1.807) is 0 Å². The second-order valence-electron chi connectivity index (χ2n) is 6.79. The van der Waals surface area contributed by atoms with Gasteiger partial charge in [0.25, 0.3) is 0 Å². The molecule has 1 saturated heterocycles. The molecule has 0 N–H and O–H groups in total. The Morgan fingerprint density at radius 1 is 0.917 bits per heavy atom. The van der Waals surface area contributed by atoms with E-state index in [9.17, 15) is 4.79 Å². The topological polar surface area (TPSA) is 20.3 Å². The van der Waals surface area contributed by atoms with Gasteiger partial charge >= 0.3 is 0 Å². The fourth-order valence-electron chi connectivity index (χ4n) is 3.82. The molecule has 0 bridgehead atoms.